The molecule has 9 nitrogen and oxygen atoms in total. The van der Waals surface area contributed by atoms with Gasteiger partial charge in [-0.1, -0.05) is 11.8 Å². The molecule has 2 aliphatic heterocycles. The maximum Gasteiger partial charge on any atom is 0.498 e. The monoisotopic (exact) mass is 478 g/mol. The SMILES string of the molecule is CC(NC(=O)OC(C)(C)C)C(=O)N1CC[C@H](Sc2ncc(B3OC(C)(C)C(C)(C)O3)cn2)C1. The largest absolute Gasteiger partial charge is 0.498 e. The van der Waals surface area contributed by atoms with Crippen LogP contribution in [0.4, 0.5) is 4.79 Å². The van der Waals surface area contributed by atoms with Crippen LogP contribution in [-0.4, -0.2) is 75.2 Å². The summed E-state index contributed by atoms with van der Waals surface area (Å²) >= 11 is 1.55. The maximum atomic E-state index is 12.7. The number of carbonyl (C=O) groups excluding carboxylic acids is 2. The Morgan fingerprint density at radius 3 is 2.33 bits per heavy atom. The number of thioether (sulfide) groups is 1. The Labute approximate surface area is 200 Å². The molecule has 33 heavy (non-hydrogen) atoms. The van der Waals surface area contributed by atoms with Crippen molar-refractivity contribution in [2.45, 2.75) is 95.1 Å². The molecule has 2 aliphatic rings. The molecule has 0 aromatic carbocycles. The number of carbonyl (C=O) groups is 2. The van der Waals surface area contributed by atoms with E-state index < -0.39 is 36.1 Å². The van der Waals surface area contributed by atoms with Crippen LogP contribution in [0.2, 0.25) is 0 Å². The fourth-order valence-electron chi connectivity index (χ4n) is 3.48. The lowest BCUT2D eigenvalue weighted by Gasteiger charge is -2.32. The molecule has 1 aromatic heterocycles. The van der Waals surface area contributed by atoms with Gasteiger partial charge in [0.05, 0.1) is 11.2 Å². The molecule has 0 radical (unpaired) electrons. The van der Waals surface area contributed by atoms with E-state index in [-0.39, 0.29) is 11.2 Å². The Bertz CT molecular complexity index is 859. The van der Waals surface area contributed by atoms with Crippen LogP contribution in [0.25, 0.3) is 0 Å². The topological polar surface area (TPSA) is 103 Å². The van der Waals surface area contributed by atoms with E-state index in [1.54, 1.807) is 56.8 Å². The first-order chi connectivity index (χ1) is 15.2. The van der Waals surface area contributed by atoms with E-state index in [0.29, 0.717) is 18.2 Å². The van der Waals surface area contributed by atoms with Crippen molar-refractivity contribution in [1.82, 2.24) is 20.2 Å². The van der Waals surface area contributed by atoms with Gasteiger partial charge in [0.25, 0.3) is 0 Å². The molecule has 182 valence electrons. The number of ether oxygens (including phenoxy) is 1. The van der Waals surface area contributed by atoms with Gasteiger partial charge in [0.15, 0.2) is 5.16 Å². The average molecular weight is 478 g/mol. The molecule has 2 amide bonds. The van der Waals surface area contributed by atoms with Gasteiger partial charge < -0.3 is 24.3 Å². The van der Waals surface area contributed by atoms with Crippen LogP contribution >= 0.6 is 11.8 Å². The zero-order chi connectivity index (χ0) is 24.6. The van der Waals surface area contributed by atoms with Crippen molar-refractivity contribution in [1.29, 1.82) is 0 Å². The maximum absolute atomic E-state index is 12.7. The van der Waals surface area contributed by atoms with Crippen molar-refractivity contribution in [2.24, 2.45) is 0 Å². The molecule has 0 saturated carbocycles. The van der Waals surface area contributed by atoms with Gasteiger partial charge in [-0.3, -0.25) is 4.79 Å². The first-order valence-corrected chi connectivity index (χ1v) is 12.2. The average Bonchev–Trinajstić information content (AvgIpc) is 3.21. The van der Waals surface area contributed by atoms with E-state index in [1.807, 2.05) is 27.7 Å². The highest BCUT2D eigenvalue weighted by Crippen LogP contribution is 2.36. The summed E-state index contributed by atoms with van der Waals surface area (Å²) < 4.78 is 17.3. The summed E-state index contributed by atoms with van der Waals surface area (Å²) in [4.78, 5) is 35.4. The standard InChI is InChI=1S/C22H35BN4O5S/c1-14(26-19(29)30-20(2,3)4)17(28)27-10-9-16(13-27)33-18-24-11-15(12-25-18)23-31-21(5,6)22(7,8)32-23/h11-12,14,16H,9-10,13H2,1-8H3,(H,26,29)/t14?,16-/m0/s1. The van der Waals surface area contributed by atoms with Crippen molar-refractivity contribution in [3.05, 3.63) is 12.4 Å². The third-order valence-electron chi connectivity index (χ3n) is 6.01. The van der Waals surface area contributed by atoms with Gasteiger partial charge >= 0.3 is 13.2 Å². The number of hydrogen-bond donors (Lipinski definition) is 1. The molecule has 0 aliphatic carbocycles. The minimum Gasteiger partial charge on any atom is -0.444 e. The van der Waals surface area contributed by atoms with Gasteiger partial charge in [-0.15, -0.1) is 0 Å². The fraction of sp³-hybridized carbons (Fsp3) is 0.727. The van der Waals surface area contributed by atoms with Crippen LogP contribution in [0.1, 0.15) is 61.8 Å². The summed E-state index contributed by atoms with van der Waals surface area (Å²) in [5.41, 5.74) is -0.663. The lowest BCUT2D eigenvalue weighted by Crippen LogP contribution is -2.47. The molecular weight excluding hydrogens is 443 g/mol. The van der Waals surface area contributed by atoms with Gasteiger partial charge in [0.2, 0.25) is 5.91 Å². The Kier molecular flexibility index (Phi) is 7.36. The minimum absolute atomic E-state index is 0.124. The van der Waals surface area contributed by atoms with Gasteiger partial charge in [-0.25, -0.2) is 14.8 Å². The lowest BCUT2D eigenvalue weighted by molar-refractivity contribution is -0.131. The zero-order valence-corrected chi connectivity index (χ0v) is 21.6. The minimum atomic E-state index is -0.654. The summed E-state index contributed by atoms with van der Waals surface area (Å²) in [6.45, 7) is 16.3. The summed E-state index contributed by atoms with van der Waals surface area (Å²) in [6.07, 6.45) is 3.71. The van der Waals surface area contributed by atoms with Gasteiger partial charge in [0.1, 0.15) is 11.6 Å². The smallest absolute Gasteiger partial charge is 0.444 e. The normalized spacial score (nSPS) is 22.8. The van der Waals surface area contributed by atoms with Crippen molar-refractivity contribution < 1.29 is 23.6 Å². The molecule has 3 heterocycles. The molecule has 1 unspecified atom stereocenters. The molecule has 1 N–H and O–H groups in total. The molecular formula is C22H35BN4O5S. The highest BCUT2D eigenvalue weighted by atomic mass is 32.2. The number of amides is 2. The Hall–Kier alpha value is -1.85. The lowest BCUT2D eigenvalue weighted by atomic mass is 9.81. The summed E-state index contributed by atoms with van der Waals surface area (Å²) in [6, 6.07) is -0.654. The summed E-state index contributed by atoms with van der Waals surface area (Å²) in [5.74, 6) is -0.124. The van der Waals surface area contributed by atoms with Gasteiger partial charge in [-0.2, -0.15) is 0 Å². The number of aromatic nitrogens is 2. The van der Waals surface area contributed by atoms with Crippen molar-refractivity contribution in [3.63, 3.8) is 0 Å². The molecule has 2 saturated heterocycles. The molecule has 0 bridgehead atoms. The van der Waals surface area contributed by atoms with Gasteiger partial charge in [-0.05, 0) is 61.8 Å². The predicted molar refractivity (Wildman–Crippen MR) is 127 cm³/mol. The predicted octanol–water partition coefficient (Wildman–Crippen LogP) is 2.38. The fourth-order valence-corrected chi connectivity index (χ4v) is 4.48. The van der Waals surface area contributed by atoms with Crippen molar-refractivity contribution in [3.8, 4) is 0 Å². The Morgan fingerprint density at radius 1 is 1.21 bits per heavy atom. The Balaban J connectivity index is 1.50. The third-order valence-corrected chi connectivity index (χ3v) is 7.15. The second-order valence-electron chi connectivity index (χ2n) is 10.6. The van der Waals surface area contributed by atoms with Gasteiger partial charge in [0, 0.05) is 36.2 Å². The summed E-state index contributed by atoms with van der Waals surface area (Å²) in [5, 5.41) is 3.45. The zero-order valence-electron chi connectivity index (χ0n) is 20.8. The van der Waals surface area contributed by atoms with Crippen LogP contribution in [-0.2, 0) is 18.8 Å². The molecule has 11 heteroatoms. The number of alkyl carbamates (subject to hydrolysis) is 1. The second-order valence-corrected chi connectivity index (χ2v) is 11.8. The van der Waals surface area contributed by atoms with Crippen LogP contribution in [0.3, 0.4) is 0 Å². The second kappa shape index (κ2) is 9.42. The number of nitrogens with one attached hydrogen (secondary N) is 1. The number of nitrogens with zero attached hydrogens (tertiary/aromatic N) is 3. The summed E-state index contributed by atoms with van der Waals surface area (Å²) in [7, 11) is -0.493. The highest BCUT2D eigenvalue weighted by molar-refractivity contribution is 7.99. The van der Waals surface area contributed by atoms with E-state index in [2.05, 4.69) is 15.3 Å². The Morgan fingerprint density at radius 2 is 1.79 bits per heavy atom. The van der Waals surface area contributed by atoms with E-state index in [1.165, 1.54) is 0 Å². The number of hydrogen-bond acceptors (Lipinski definition) is 8. The molecule has 2 atom stereocenters. The van der Waals surface area contributed by atoms with E-state index in [4.69, 9.17) is 14.0 Å². The van der Waals surface area contributed by atoms with E-state index in [9.17, 15) is 9.59 Å². The quantitative estimate of drug-likeness (QED) is 0.509. The number of rotatable bonds is 5. The van der Waals surface area contributed by atoms with E-state index in [0.717, 1.165) is 11.9 Å². The molecule has 0 spiro atoms. The van der Waals surface area contributed by atoms with Crippen LogP contribution in [0, 0.1) is 0 Å². The van der Waals surface area contributed by atoms with Crippen LogP contribution in [0.5, 0.6) is 0 Å². The highest BCUT2D eigenvalue weighted by Gasteiger charge is 2.52. The molecule has 2 fully saturated rings. The van der Waals surface area contributed by atoms with Crippen molar-refractivity contribution in [2.75, 3.05) is 13.1 Å². The third kappa shape index (κ3) is 6.39. The molecule has 1 aromatic rings. The van der Waals surface area contributed by atoms with Crippen LogP contribution in [0.15, 0.2) is 17.6 Å². The first-order valence-electron chi connectivity index (χ1n) is 11.3. The van der Waals surface area contributed by atoms with Crippen LogP contribution < -0.4 is 10.8 Å². The molecule has 3 rings (SSSR count). The number of likely N-dealkylation sites (tertiary alicyclic amines) is 1. The van der Waals surface area contributed by atoms with Crippen molar-refractivity contribution >= 4 is 36.3 Å². The van der Waals surface area contributed by atoms with E-state index >= 15 is 0 Å². The first kappa shape index (κ1) is 25.8.